The fraction of sp³-hybridized carbons (Fsp3) is 0.600. The molecule has 2 N–H and O–H groups in total. The second kappa shape index (κ2) is 5.29. The van der Waals surface area contributed by atoms with Crippen LogP contribution in [0.15, 0.2) is 18.2 Å². The van der Waals surface area contributed by atoms with Crippen molar-refractivity contribution in [1.29, 1.82) is 0 Å². The average molecular weight is 246 g/mol. The topological polar surface area (TPSA) is 38.5 Å². The molecule has 18 heavy (non-hydrogen) atoms. The fourth-order valence-electron chi connectivity index (χ4n) is 3.14. The molecular weight excluding hydrogens is 224 g/mol. The first-order chi connectivity index (χ1) is 8.88. The predicted molar refractivity (Wildman–Crippen MR) is 72.9 cm³/mol. The van der Waals surface area contributed by atoms with Crippen LogP contribution < -0.4 is 10.5 Å². The van der Waals surface area contributed by atoms with Gasteiger partial charge in [0.1, 0.15) is 5.75 Å². The number of likely N-dealkylation sites (tertiary alicyclic amines) is 1. The van der Waals surface area contributed by atoms with Crippen LogP contribution in [0.1, 0.15) is 36.4 Å². The molecule has 1 atom stereocenters. The quantitative estimate of drug-likeness (QED) is 0.887. The predicted octanol–water partition coefficient (Wildman–Crippen LogP) is 2.11. The van der Waals surface area contributed by atoms with Gasteiger partial charge in [-0.1, -0.05) is 18.6 Å². The van der Waals surface area contributed by atoms with Gasteiger partial charge in [-0.15, -0.1) is 0 Å². The molecule has 2 aliphatic heterocycles. The van der Waals surface area contributed by atoms with Gasteiger partial charge in [0.2, 0.25) is 0 Å². The highest BCUT2D eigenvalue weighted by Gasteiger charge is 2.22. The van der Waals surface area contributed by atoms with Crippen LogP contribution in [-0.4, -0.2) is 31.1 Å². The van der Waals surface area contributed by atoms with Crippen LogP contribution in [0.2, 0.25) is 0 Å². The standard InChI is InChI=1S/C15H22N2O/c16-11-14(17-7-2-1-3-8-17)12-4-5-15-13(10-12)6-9-18-15/h4-5,10,14H,1-3,6-9,11,16H2. The molecule has 2 aliphatic rings. The van der Waals surface area contributed by atoms with Crippen molar-refractivity contribution in [1.82, 2.24) is 4.90 Å². The zero-order valence-electron chi connectivity index (χ0n) is 10.9. The highest BCUT2D eigenvalue weighted by molar-refractivity contribution is 5.40. The van der Waals surface area contributed by atoms with E-state index >= 15 is 0 Å². The molecule has 3 nitrogen and oxygen atoms in total. The summed E-state index contributed by atoms with van der Waals surface area (Å²) in [6.45, 7) is 3.92. The Bertz CT molecular complexity index is 413. The Kier molecular flexibility index (Phi) is 3.52. The van der Waals surface area contributed by atoms with Crippen LogP contribution in [-0.2, 0) is 6.42 Å². The number of hydrogen-bond donors (Lipinski definition) is 1. The van der Waals surface area contributed by atoms with Gasteiger partial charge in [0, 0.05) is 19.0 Å². The van der Waals surface area contributed by atoms with Crippen molar-refractivity contribution >= 4 is 0 Å². The van der Waals surface area contributed by atoms with E-state index < -0.39 is 0 Å². The lowest BCUT2D eigenvalue weighted by molar-refractivity contribution is 0.167. The van der Waals surface area contributed by atoms with E-state index in [2.05, 4.69) is 23.1 Å². The molecule has 0 amide bonds. The van der Waals surface area contributed by atoms with Crippen molar-refractivity contribution in [2.45, 2.75) is 31.7 Å². The summed E-state index contributed by atoms with van der Waals surface area (Å²) in [7, 11) is 0. The summed E-state index contributed by atoms with van der Waals surface area (Å²) in [6, 6.07) is 6.99. The largest absolute Gasteiger partial charge is 0.493 e. The summed E-state index contributed by atoms with van der Waals surface area (Å²) in [4.78, 5) is 2.54. The van der Waals surface area contributed by atoms with E-state index in [1.165, 1.54) is 43.5 Å². The first-order valence-electron chi connectivity index (χ1n) is 7.08. The van der Waals surface area contributed by atoms with Crippen molar-refractivity contribution in [2.24, 2.45) is 5.73 Å². The molecule has 0 saturated carbocycles. The third-order valence-electron chi connectivity index (χ3n) is 4.15. The van der Waals surface area contributed by atoms with E-state index in [0.29, 0.717) is 12.6 Å². The Morgan fingerprint density at radius 3 is 2.83 bits per heavy atom. The number of benzene rings is 1. The van der Waals surface area contributed by atoms with Gasteiger partial charge >= 0.3 is 0 Å². The molecule has 3 rings (SSSR count). The zero-order valence-corrected chi connectivity index (χ0v) is 10.9. The van der Waals surface area contributed by atoms with Gasteiger partial charge in [0.05, 0.1) is 6.61 Å². The molecule has 0 spiro atoms. The number of piperidine rings is 1. The zero-order chi connectivity index (χ0) is 12.4. The average Bonchev–Trinajstić information content (AvgIpc) is 2.88. The first kappa shape index (κ1) is 12.0. The second-order valence-electron chi connectivity index (χ2n) is 5.31. The van der Waals surface area contributed by atoms with Crippen LogP contribution in [0, 0.1) is 0 Å². The molecule has 0 radical (unpaired) electrons. The van der Waals surface area contributed by atoms with Crippen LogP contribution in [0.3, 0.4) is 0 Å². The third-order valence-corrected chi connectivity index (χ3v) is 4.15. The molecule has 1 unspecified atom stereocenters. The minimum Gasteiger partial charge on any atom is -0.493 e. The van der Waals surface area contributed by atoms with Gasteiger partial charge in [-0.2, -0.15) is 0 Å². The number of hydrogen-bond acceptors (Lipinski definition) is 3. The van der Waals surface area contributed by atoms with E-state index in [4.69, 9.17) is 10.5 Å². The Hall–Kier alpha value is -1.06. The molecular formula is C15H22N2O. The minimum atomic E-state index is 0.385. The van der Waals surface area contributed by atoms with E-state index in [-0.39, 0.29) is 0 Å². The fourth-order valence-corrected chi connectivity index (χ4v) is 3.14. The van der Waals surface area contributed by atoms with Crippen molar-refractivity contribution < 1.29 is 4.74 Å². The number of nitrogens with two attached hydrogens (primary N) is 1. The lowest BCUT2D eigenvalue weighted by atomic mass is 9.99. The van der Waals surface area contributed by atoms with E-state index in [1.807, 2.05) is 0 Å². The molecule has 1 fully saturated rings. The van der Waals surface area contributed by atoms with Gasteiger partial charge in [0.15, 0.2) is 0 Å². The molecule has 3 heteroatoms. The number of nitrogens with zero attached hydrogens (tertiary/aromatic N) is 1. The van der Waals surface area contributed by atoms with E-state index in [9.17, 15) is 0 Å². The second-order valence-corrected chi connectivity index (χ2v) is 5.31. The molecule has 0 bridgehead atoms. The molecule has 2 heterocycles. The maximum Gasteiger partial charge on any atom is 0.122 e. The maximum atomic E-state index is 6.01. The van der Waals surface area contributed by atoms with Gasteiger partial charge in [-0.3, -0.25) is 4.90 Å². The SMILES string of the molecule is NCC(c1ccc2c(c1)CCO2)N1CCCCC1. The molecule has 98 valence electrons. The highest BCUT2D eigenvalue weighted by Crippen LogP contribution is 2.30. The minimum absolute atomic E-state index is 0.385. The summed E-state index contributed by atoms with van der Waals surface area (Å²) in [5.41, 5.74) is 8.72. The highest BCUT2D eigenvalue weighted by atomic mass is 16.5. The monoisotopic (exact) mass is 246 g/mol. The van der Waals surface area contributed by atoms with Crippen molar-refractivity contribution in [3.63, 3.8) is 0 Å². The van der Waals surface area contributed by atoms with Crippen LogP contribution >= 0.6 is 0 Å². The molecule has 0 aliphatic carbocycles. The third kappa shape index (κ3) is 2.25. The van der Waals surface area contributed by atoms with Gasteiger partial charge in [-0.05, 0) is 43.1 Å². The maximum absolute atomic E-state index is 6.01. The summed E-state index contributed by atoms with van der Waals surface area (Å²) in [6.07, 6.45) is 5.03. The van der Waals surface area contributed by atoms with Gasteiger partial charge in [0.25, 0.3) is 0 Å². The summed E-state index contributed by atoms with van der Waals surface area (Å²) < 4.78 is 5.57. The Morgan fingerprint density at radius 1 is 1.22 bits per heavy atom. The van der Waals surface area contributed by atoms with Crippen LogP contribution in [0.5, 0.6) is 5.75 Å². The lowest BCUT2D eigenvalue weighted by Crippen LogP contribution is -2.37. The normalized spacial score (nSPS) is 21.4. The summed E-state index contributed by atoms with van der Waals surface area (Å²) in [5, 5.41) is 0. The molecule has 1 aromatic rings. The van der Waals surface area contributed by atoms with Crippen molar-refractivity contribution in [3.05, 3.63) is 29.3 Å². The molecule has 1 saturated heterocycles. The van der Waals surface area contributed by atoms with E-state index in [1.54, 1.807) is 0 Å². The molecule has 1 aromatic carbocycles. The summed E-state index contributed by atoms with van der Waals surface area (Å²) >= 11 is 0. The number of fused-ring (bicyclic) bond motifs is 1. The molecule has 0 aromatic heterocycles. The smallest absolute Gasteiger partial charge is 0.122 e. The summed E-state index contributed by atoms with van der Waals surface area (Å²) in [5.74, 6) is 1.06. The lowest BCUT2D eigenvalue weighted by Gasteiger charge is -2.34. The van der Waals surface area contributed by atoms with Crippen molar-refractivity contribution in [2.75, 3.05) is 26.2 Å². The van der Waals surface area contributed by atoms with Gasteiger partial charge < -0.3 is 10.5 Å². The van der Waals surface area contributed by atoms with Crippen LogP contribution in [0.4, 0.5) is 0 Å². The van der Waals surface area contributed by atoms with Crippen LogP contribution in [0.25, 0.3) is 0 Å². The Morgan fingerprint density at radius 2 is 2.06 bits per heavy atom. The van der Waals surface area contributed by atoms with Gasteiger partial charge in [-0.25, -0.2) is 0 Å². The Balaban J connectivity index is 1.82. The van der Waals surface area contributed by atoms with Crippen molar-refractivity contribution in [3.8, 4) is 5.75 Å². The number of ether oxygens (including phenoxy) is 1. The van der Waals surface area contributed by atoms with E-state index in [0.717, 1.165) is 18.8 Å². The first-order valence-corrected chi connectivity index (χ1v) is 7.08. The number of rotatable bonds is 3. The Labute approximate surface area is 109 Å².